The predicted octanol–water partition coefficient (Wildman–Crippen LogP) is 3.80. The molecular formula is C14H19BrN2O. The van der Waals surface area contributed by atoms with Crippen molar-refractivity contribution in [1.82, 2.24) is 0 Å². The summed E-state index contributed by atoms with van der Waals surface area (Å²) in [7, 11) is 0. The van der Waals surface area contributed by atoms with Crippen LogP contribution in [0.5, 0.6) is 0 Å². The highest BCUT2D eigenvalue weighted by molar-refractivity contribution is 9.10. The number of carbonyl (C=O) groups excluding carboxylic acids is 1. The number of hydrogen-bond donors (Lipinski definition) is 2. The van der Waals surface area contributed by atoms with Gasteiger partial charge in [0.1, 0.15) is 0 Å². The molecule has 0 bridgehead atoms. The zero-order valence-electron chi connectivity index (χ0n) is 10.6. The van der Waals surface area contributed by atoms with E-state index in [0.29, 0.717) is 5.69 Å². The summed E-state index contributed by atoms with van der Waals surface area (Å²) in [5.41, 5.74) is 7.16. The second-order valence-electron chi connectivity index (χ2n) is 5.19. The molecule has 0 aromatic heterocycles. The van der Waals surface area contributed by atoms with Crippen molar-refractivity contribution in [3.8, 4) is 0 Å². The molecule has 18 heavy (non-hydrogen) atoms. The summed E-state index contributed by atoms with van der Waals surface area (Å²) in [5, 5.41) is 2.98. The Balaban J connectivity index is 1.98. The van der Waals surface area contributed by atoms with Gasteiger partial charge in [0.2, 0.25) is 5.91 Å². The van der Waals surface area contributed by atoms with Crippen LogP contribution in [0.3, 0.4) is 0 Å². The van der Waals surface area contributed by atoms with Crippen molar-refractivity contribution in [3.05, 3.63) is 22.7 Å². The lowest BCUT2D eigenvalue weighted by Crippen LogP contribution is -2.26. The lowest BCUT2D eigenvalue weighted by atomic mass is 9.82. The van der Waals surface area contributed by atoms with E-state index in [0.717, 1.165) is 41.8 Å². The Bertz CT molecular complexity index is 439. The summed E-state index contributed by atoms with van der Waals surface area (Å²) in [6.45, 7) is 2.25. The van der Waals surface area contributed by atoms with Crippen LogP contribution >= 0.6 is 15.9 Å². The van der Waals surface area contributed by atoms with Gasteiger partial charge in [0.25, 0.3) is 0 Å². The lowest BCUT2D eigenvalue weighted by Gasteiger charge is -2.25. The third-order valence-electron chi connectivity index (χ3n) is 3.64. The van der Waals surface area contributed by atoms with Crippen molar-refractivity contribution in [3.63, 3.8) is 0 Å². The minimum Gasteiger partial charge on any atom is -0.399 e. The molecule has 0 aliphatic heterocycles. The fraction of sp³-hybridized carbons (Fsp3) is 0.500. The van der Waals surface area contributed by atoms with E-state index in [1.165, 1.54) is 0 Å². The standard InChI is InChI=1S/C14H19BrN2O/c1-9-2-4-10(5-3-9)14(18)17-13-7-6-11(16)8-12(13)15/h6-10H,2-5,16H2,1H3,(H,17,18). The van der Waals surface area contributed by atoms with E-state index in [-0.39, 0.29) is 11.8 Å². The third-order valence-corrected chi connectivity index (χ3v) is 4.29. The van der Waals surface area contributed by atoms with Crippen molar-refractivity contribution < 1.29 is 4.79 Å². The fourth-order valence-electron chi connectivity index (χ4n) is 2.39. The summed E-state index contributed by atoms with van der Waals surface area (Å²) < 4.78 is 0.833. The minimum atomic E-state index is 0.132. The van der Waals surface area contributed by atoms with Crippen LogP contribution in [0.1, 0.15) is 32.6 Å². The van der Waals surface area contributed by atoms with Crippen molar-refractivity contribution in [2.75, 3.05) is 11.1 Å². The first-order valence-corrected chi connectivity index (χ1v) is 7.21. The van der Waals surface area contributed by atoms with Crippen LogP contribution in [-0.2, 0) is 4.79 Å². The van der Waals surface area contributed by atoms with Gasteiger partial charge in [0.15, 0.2) is 0 Å². The van der Waals surface area contributed by atoms with Crippen molar-refractivity contribution >= 4 is 33.2 Å². The Hall–Kier alpha value is -1.03. The van der Waals surface area contributed by atoms with Crippen molar-refractivity contribution in [2.24, 2.45) is 11.8 Å². The Kier molecular flexibility index (Phi) is 4.27. The maximum atomic E-state index is 12.1. The van der Waals surface area contributed by atoms with Crippen molar-refractivity contribution in [2.45, 2.75) is 32.6 Å². The molecule has 3 N–H and O–H groups in total. The Labute approximate surface area is 116 Å². The molecule has 0 unspecified atom stereocenters. The van der Waals surface area contributed by atoms with E-state index in [9.17, 15) is 4.79 Å². The Morgan fingerprint density at radius 3 is 2.61 bits per heavy atom. The summed E-state index contributed by atoms with van der Waals surface area (Å²) in [6, 6.07) is 5.44. The second-order valence-corrected chi connectivity index (χ2v) is 6.04. The topological polar surface area (TPSA) is 55.1 Å². The van der Waals surface area contributed by atoms with Crippen LogP contribution in [0.25, 0.3) is 0 Å². The molecule has 0 heterocycles. The number of nitrogens with two attached hydrogens (primary N) is 1. The summed E-state index contributed by atoms with van der Waals surface area (Å²) >= 11 is 3.41. The number of nitrogens with one attached hydrogen (secondary N) is 1. The smallest absolute Gasteiger partial charge is 0.227 e. The first-order valence-electron chi connectivity index (χ1n) is 6.42. The van der Waals surface area contributed by atoms with Crippen LogP contribution < -0.4 is 11.1 Å². The number of anilines is 2. The van der Waals surface area contributed by atoms with E-state index >= 15 is 0 Å². The lowest BCUT2D eigenvalue weighted by molar-refractivity contribution is -0.121. The molecule has 1 aliphatic rings. The van der Waals surface area contributed by atoms with E-state index in [1.807, 2.05) is 6.07 Å². The molecule has 1 aromatic carbocycles. The zero-order chi connectivity index (χ0) is 13.1. The maximum absolute atomic E-state index is 12.1. The number of carbonyl (C=O) groups is 1. The fourth-order valence-corrected chi connectivity index (χ4v) is 2.89. The Morgan fingerprint density at radius 1 is 1.33 bits per heavy atom. The molecule has 0 saturated heterocycles. The molecule has 0 spiro atoms. The number of halogens is 1. The quantitative estimate of drug-likeness (QED) is 0.816. The normalized spacial score (nSPS) is 23.7. The highest BCUT2D eigenvalue weighted by Crippen LogP contribution is 2.30. The van der Waals surface area contributed by atoms with Crippen molar-refractivity contribution in [1.29, 1.82) is 0 Å². The molecule has 0 radical (unpaired) electrons. The highest BCUT2D eigenvalue weighted by Gasteiger charge is 2.24. The maximum Gasteiger partial charge on any atom is 0.227 e. The molecule has 1 aromatic rings. The van der Waals surface area contributed by atoms with Gasteiger partial charge in [-0.3, -0.25) is 4.79 Å². The number of benzene rings is 1. The van der Waals surface area contributed by atoms with Crippen LogP contribution in [0.4, 0.5) is 11.4 Å². The average Bonchev–Trinajstić information content (AvgIpc) is 2.33. The number of hydrogen-bond acceptors (Lipinski definition) is 2. The van der Waals surface area contributed by atoms with Gasteiger partial charge in [0.05, 0.1) is 5.69 Å². The predicted molar refractivity (Wildman–Crippen MR) is 78.3 cm³/mol. The van der Waals surface area contributed by atoms with Gasteiger partial charge in [-0.2, -0.15) is 0 Å². The number of nitrogen functional groups attached to an aromatic ring is 1. The molecule has 98 valence electrons. The molecule has 3 nitrogen and oxygen atoms in total. The Morgan fingerprint density at radius 2 is 2.00 bits per heavy atom. The largest absolute Gasteiger partial charge is 0.399 e. The first kappa shape index (κ1) is 13.4. The summed E-state index contributed by atoms with van der Waals surface area (Å²) in [6.07, 6.45) is 4.31. The molecule has 1 saturated carbocycles. The molecular weight excluding hydrogens is 292 g/mol. The summed E-state index contributed by atoms with van der Waals surface area (Å²) in [5.74, 6) is 1.05. The van der Waals surface area contributed by atoms with Gasteiger partial charge in [-0.05, 0) is 65.7 Å². The second kappa shape index (κ2) is 5.74. The molecule has 1 aliphatic carbocycles. The molecule has 2 rings (SSSR count). The van der Waals surface area contributed by atoms with Gasteiger partial charge < -0.3 is 11.1 Å². The van der Waals surface area contributed by atoms with Crippen LogP contribution in [0.2, 0.25) is 0 Å². The zero-order valence-corrected chi connectivity index (χ0v) is 12.2. The van der Waals surface area contributed by atoms with Crippen LogP contribution in [0, 0.1) is 11.8 Å². The van der Waals surface area contributed by atoms with Gasteiger partial charge in [-0.25, -0.2) is 0 Å². The van der Waals surface area contributed by atoms with Crippen LogP contribution in [0.15, 0.2) is 22.7 Å². The van der Waals surface area contributed by atoms with E-state index in [2.05, 4.69) is 28.2 Å². The van der Waals surface area contributed by atoms with E-state index < -0.39 is 0 Å². The number of amides is 1. The highest BCUT2D eigenvalue weighted by atomic mass is 79.9. The monoisotopic (exact) mass is 310 g/mol. The van der Waals surface area contributed by atoms with Gasteiger partial charge in [-0.15, -0.1) is 0 Å². The van der Waals surface area contributed by atoms with Gasteiger partial charge in [-0.1, -0.05) is 6.92 Å². The van der Waals surface area contributed by atoms with E-state index in [4.69, 9.17) is 5.73 Å². The molecule has 1 fully saturated rings. The first-order chi connectivity index (χ1) is 8.56. The van der Waals surface area contributed by atoms with Gasteiger partial charge in [0, 0.05) is 16.1 Å². The number of rotatable bonds is 2. The van der Waals surface area contributed by atoms with E-state index in [1.54, 1.807) is 12.1 Å². The third kappa shape index (κ3) is 3.25. The summed E-state index contributed by atoms with van der Waals surface area (Å²) in [4.78, 5) is 12.1. The average molecular weight is 311 g/mol. The minimum absolute atomic E-state index is 0.132. The molecule has 1 amide bonds. The SMILES string of the molecule is CC1CCC(C(=O)Nc2ccc(N)cc2Br)CC1. The van der Waals surface area contributed by atoms with Gasteiger partial charge >= 0.3 is 0 Å². The van der Waals surface area contributed by atoms with Crippen LogP contribution in [-0.4, -0.2) is 5.91 Å². The molecule has 4 heteroatoms. The molecule has 0 atom stereocenters.